The molecule has 5 amide bonds. The van der Waals surface area contributed by atoms with Gasteiger partial charge >= 0.3 is 5.97 Å². The van der Waals surface area contributed by atoms with Gasteiger partial charge in [0.1, 0.15) is 18.1 Å². The van der Waals surface area contributed by atoms with Crippen LogP contribution in [0.2, 0.25) is 0 Å². The van der Waals surface area contributed by atoms with E-state index in [4.69, 9.17) is 17.2 Å². The fourth-order valence-corrected chi connectivity index (χ4v) is 2.54. The first kappa shape index (κ1) is 27.8. The van der Waals surface area contributed by atoms with Crippen LogP contribution in [0.3, 0.4) is 0 Å². The topological polar surface area (TPSA) is 237 Å². The summed E-state index contributed by atoms with van der Waals surface area (Å²) in [5.74, 6) is -6.50. The van der Waals surface area contributed by atoms with Gasteiger partial charge in [0.15, 0.2) is 0 Å². The SMILES string of the molecule is CC(C)C(NC(=O)C(CC(N)=O)NC(=O)C(NC(=O)C(N)CC(N)=O)C(C)C)C(=O)O. The van der Waals surface area contributed by atoms with E-state index < -0.39 is 84.4 Å². The number of hydrogen-bond acceptors (Lipinski definition) is 7. The van der Waals surface area contributed by atoms with Crippen molar-refractivity contribution in [2.45, 2.75) is 64.7 Å². The molecule has 0 spiro atoms. The molecule has 0 aromatic heterocycles. The summed E-state index contributed by atoms with van der Waals surface area (Å²) in [5, 5.41) is 16.2. The van der Waals surface area contributed by atoms with Crippen LogP contribution in [-0.2, 0) is 28.8 Å². The van der Waals surface area contributed by atoms with E-state index in [1.54, 1.807) is 27.7 Å². The molecule has 4 unspecified atom stereocenters. The van der Waals surface area contributed by atoms with Crippen molar-refractivity contribution in [2.75, 3.05) is 0 Å². The minimum Gasteiger partial charge on any atom is -0.480 e. The van der Waals surface area contributed by atoms with Gasteiger partial charge in [-0.25, -0.2) is 4.79 Å². The second-order valence-corrected chi connectivity index (χ2v) is 7.81. The zero-order valence-electron chi connectivity index (χ0n) is 18.0. The fourth-order valence-electron chi connectivity index (χ4n) is 2.54. The number of carboxylic acids is 1. The molecular weight excluding hydrogens is 412 g/mol. The highest BCUT2D eigenvalue weighted by Crippen LogP contribution is 2.07. The van der Waals surface area contributed by atoms with E-state index in [2.05, 4.69) is 16.0 Å². The van der Waals surface area contributed by atoms with Crippen molar-refractivity contribution in [1.29, 1.82) is 0 Å². The highest BCUT2D eigenvalue weighted by molar-refractivity contribution is 5.96. The van der Waals surface area contributed by atoms with Crippen LogP contribution in [0.4, 0.5) is 0 Å². The summed E-state index contributed by atoms with van der Waals surface area (Å²) in [6.45, 7) is 6.35. The van der Waals surface area contributed by atoms with Gasteiger partial charge in [-0.1, -0.05) is 27.7 Å². The summed E-state index contributed by atoms with van der Waals surface area (Å²) >= 11 is 0. The molecule has 0 aliphatic heterocycles. The van der Waals surface area contributed by atoms with Crippen molar-refractivity contribution in [3.05, 3.63) is 0 Å². The zero-order chi connectivity index (χ0) is 24.5. The lowest BCUT2D eigenvalue weighted by Gasteiger charge is -2.27. The predicted octanol–water partition coefficient (Wildman–Crippen LogP) is -3.08. The van der Waals surface area contributed by atoms with Crippen molar-refractivity contribution in [3.63, 3.8) is 0 Å². The van der Waals surface area contributed by atoms with Crippen LogP contribution < -0.4 is 33.2 Å². The largest absolute Gasteiger partial charge is 0.480 e. The van der Waals surface area contributed by atoms with Gasteiger partial charge in [-0.05, 0) is 11.8 Å². The monoisotopic (exact) mass is 444 g/mol. The lowest BCUT2D eigenvalue weighted by atomic mass is 10.0. The molecule has 31 heavy (non-hydrogen) atoms. The molecule has 176 valence electrons. The second-order valence-electron chi connectivity index (χ2n) is 7.81. The number of carboxylic acid groups (broad SMARTS) is 1. The maximum Gasteiger partial charge on any atom is 0.326 e. The van der Waals surface area contributed by atoms with Gasteiger partial charge in [-0.15, -0.1) is 0 Å². The average molecular weight is 444 g/mol. The number of nitrogens with two attached hydrogens (primary N) is 3. The Labute approximate surface area is 179 Å². The molecule has 0 aliphatic rings. The molecule has 10 N–H and O–H groups in total. The van der Waals surface area contributed by atoms with Crippen LogP contribution in [0, 0.1) is 11.8 Å². The quantitative estimate of drug-likeness (QED) is 0.153. The zero-order valence-corrected chi connectivity index (χ0v) is 18.0. The summed E-state index contributed by atoms with van der Waals surface area (Å²) in [6.07, 6.45) is -1.03. The Kier molecular flexibility index (Phi) is 11.2. The Morgan fingerprint density at radius 3 is 1.55 bits per heavy atom. The van der Waals surface area contributed by atoms with Crippen LogP contribution in [0.1, 0.15) is 40.5 Å². The van der Waals surface area contributed by atoms with E-state index in [-0.39, 0.29) is 0 Å². The summed E-state index contributed by atoms with van der Waals surface area (Å²) < 4.78 is 0. The molecule has 0 aromatic rings. The van der Waals surface area contributed by atoms with Crippen molar-refractivity contribution in [3.8, 4) is 0 Å². The Hall–Kier alpha value is -3.22. The number of nitrogens with one attached hydrogen (secondary N) is 3. The van der Waals surface area contributed by atoms with Gasteiger partial charge in [-0.2, -0.15) is 0 Å². The number of aliphatic carboxylic acids is 1. The summed E-state index contributed by atoms with van der Waals surface area (Å²) in [4.78, 5) is 71.0. The number of amides is 5. The normalized spacial score (nSPS) is 14.8. The van der Waals surface area contributed by atoms with Crippen LogP contribution >= 0.6 is 0 Å². The Morgan fingerprint density at radius 2 is 1.16 bits per heavy atom. The van der Waals surface area contributed by atoms with E-state index in [1.165, 1.54) is 0 Å². The third kappa shape index (κ3) is 9.89. The number of rotatable bonds is 13. The molecule has 0 radical (unpaired) electrons. The number of primary amides is 2. The third-order valence-electron chi connectivity index (χ3n) is 4.27. The first-order valence-corrected chi connectivity index (χ1v) is 9.63. The first-order valence-electron chi connectivity index (χ1n) is 9.63. The molecule has 0 saturated carbocycles. The van der Waals surface area contributed by atoms with Gasteiger partial charge < -0.3 is 38.3 Å². The smallest absolute Gasteiger partial charge is 0.326 e. The Bertz CT molecular complexity index is 710. The molecule has 0 aromatic carbocycles. The van der Waals surface area contributed by atoms with Crippen molar-refractivity contribution in [2.24, 2.45) is 29.0 Å². The minimum absolute atomic E-state index is 0.434. The molecule has 0 rings (SSSR count). The van der Waals surface area contributed by atoms with Gasteiger partial charge in [0.25, 0.3) is 0 Å². The first-order chi connectivity index (χ1) is 14.2. The van der Waals surface area contributed by atoms with E-state index in [0.29, 0.717) is 0 Å². The average Bonchev–Trinajstić information content (AvgIpc) is 2.60. The van der Waals surface area contributed by atoms with E-state index >= 15 is 0 Å². The third-order valence-corrected chi connectivity index (χ3v) is 4.27. The van der Waals surface area contributed by atoms with Crippen LogP contribution in [-0.4, -0.2) is 64.8 Å². The van der Waals surface area contributed by atoms with E-state index in [0.717, 1.165) is 0 Å². The second kappa shape index (κ2) is 12.5. The molecule has 0 saturated heterocycles. The summed E-state index contributed by atoms with van der Waals surface area (Å²) in [5.41, 5.74) is 15.7. The van der Waals surface area contributed by atoms with Gasteiger partial charge in [0.2, 0.25) is 29.5 Å². The van der Waals surface area contributed by atoms with Gasteiger partial charge in [0.05, 0.1) is 18.9 Å². The number of carbonyl (C=O) groups is 6. The maximum absolute atomic E-state index is 12.7. The molecule has 0 aliphatic carbocycles. The van der Waals surface area contributed by atoms with Crippen LogP contribution in [0.15, 0.2) is 0 Å². The van der Waals surface area contributed by atoms with Crippen molar-refractivity contribution in [1.82, 2.24) is 16.0 Å². The van der Waals surface area contributed by atoms with Crippen molar-refractivity contribution < 1.29 is 33.9 Å². The molecule has 0 fully saturated rings. The Balaban J connectivity index is 5.46. The fraction of sp³-hybridized carbons (Fsp3) is 0.667. The number of carbonyl (C=O) groups excluding carboxylic acids is 5. The molecule has 0 heterocycles. The summed E-state index contributed by atoms with van der Waals surface area (Å²) in [7, 11) is 0. The minimum atomic E-state index is -1.47. The van der Waals surface area contributed by atoms with Crippen LogP contribution in [0.25, 0.3) is 0 Å². The lowest BCUT2D eigenvalue weighted by molar-refractivity contribution is -0.143. The lowest BCUT2D eigenvalue weighted by Crippen LogP contribution is -2.59. The van der Waals surface area contributed by atoms with E-state index in [9.17, 15) is 33.9 Å². The highest BCUT2D eigenvalue weighted by atomic mass is 16.4. The maximum atomic E-state index is 12.7. The van der Waals surface area contributed by atoms with Crippen molar-refractivity contribution >= 4 is 35.5 Å². The van der Waals surface area contributed by atoms with Crippen LogP contribution in [0.5, 0.6) is 0 Å². The molecule has 0 bridgehead atoms. The molecule has 13 heteroatoms. The van der Waals surface area contributed by atoms with Gasteiger partial charge in [-0.3, -0.25) is 24.0 Å². The summed E-state index contributed by atoms with van der Waals surface area (Å²) in [6, 6.07) is -5.18. The van der Waals surface area contributed by atoms with Gasteiger partial charge in [0, 0.05) is 0 Å². The molecule has 4 atom stereocenters. The molecular formula is C18H32N6O7. The number of hydrogen-bond donors (Lipinski definition) is 7. The standard InChI is InChI=1S/C18H32N6O7/c1-7(2)13(23-15(27)9(19)5-11(20)25)17(29)22-10(6-12(21)26)16(28)24-14(8(3)4)18(30)31/h7-10,13-14H,5-6,19H2,1-4H3,(H2,20,25)(H2,21,26)(H,22,29)(H,23,27)(H,24,28)(H,30,31). The Morgan fingerprint density at radius 1 is 0.710 bits per heavy atom. The van der Waals surface area contributed by atoms with E-state index in [1.807, 2.05) is 0 Å². The predicted molar refractivity (Wildman–Crippen MR) is 109 cm³/mol. The molecule has 13 nitrogen and oxygen atoms in total. The highest BCUT2D eigenvalue weighted by Gasteiger charge is 2.33.